The zero-order valence-corrected chi connectivity index (χ0v) is 13.8. The predicted octanol–water partition coefficient (Wildman–Crippen LogP) is 4.65. The molecule has 19 heavy (non-hydrogen) atoms. The average molecular weight is 342 g/mol. The summed E-state index contributed by atoms with van der Waals surface area (Å²) in [5, 5.41) is 10.2. The van der Waals surface area contributed by atoms with E-state index in [0.29, 0.717) is 5.56 Å². The van der Waals surface area contributed by atoms with Crippen molar-refractivity contribution in [1.29, 1.82) is 0 Å². The van der Waals surface area contributed by atoms with Crippen LogP contribution in [0.2, 0.25) is 0 Å². The number of aromatic carboxylic acids is 1. The number of benzene rings is 1. The standard InChI is InChI=1S/C14H16BrNO2S/c1-7-8(13(17)18)5-9(15)12-11(7)16-10(19-12)6-14(2,3)4/h5H,6H2,1-4H3,(H,17,18). The summed E-state index contributed by atoms with van der Waals surface area (Å²) >= 11 is 5.08. The van der Waals surface area contributed by atoms with Crippen LogP contribution in [-0.2, 0) is 6.42 Å². The van der Waals surface area contributed by atoms with Gasteiger partial charge in [0.15, 0.2) is 0 Å². The Hall–Kier alpha value is -0.940. The van der Waals surface area contributed by atoms with E-state index in [-0.39, 0.29) is 5.41 Å². The maximum absolute atomic E-state index is 11.2. The number of rotatable bonds is 2. The van der Waals surface area contributed by atoms with Crippen LogP contribution in [0.4, 0.5) is 0 Å². The first kappa shape index (κ1) is 14.5. The molecule has 0 unspecified atom stereocenters. The Bertz CT molecular complexity index is 655. The van der Waals surface area contributed by atoms with Crippen molar-refractivity contribution in [2.24, 2.45) is 5.41 Å². The van der Waals surface area contributed by atoms with Gasteiger partial charge in [-0.2, -0.15) is 0 Å². The van der Waals surface area contributed by atoms with Crippen LogP contribution in [0.5, 0.6) is 0 Å². The van der Waals surface area contributed by atoms with E-state index < -0.39 is 5.97 Å². The zero-order chi connectivity index (χ0) is 14.4. The highest BCUT2D eigenvalue weighted by atomic mass is 79.9. The van der Waals surface area contributed by atoms with Crippen LogP contribution in [-0.4, -0.2) is 16.1 Å². The number of fused-ring (bicyclic) bond motifs is 1. The van der Waals surface area contributed by atoms with Crippen molar-refractivity contribution in [3.63, 3.8) is 0 Å². The van der Waals surface area contributed by atoms with Crippen LogP contribution in [0.1, 0.15) is 41.7 Å². The van der Waals surface area contributed by atoms with E-state index in [1.54, 1.807) is 17.4 Å². The second kappa shape index (κ2) is 4.87. The van der Waals surface area contributed by atoms with E-state index in [2.05, 4.69) is 41.7 Å². The second-order valence-corrected chi connectivity index (χ2v) is 7.80. The molecule has 0 bridgehead atoms. The summed E-state index contributed by atoms with van der Waals surface area (Å²) in [7, 11) is 0. The SMILES string of the molecule is Cc1c(C(=O)O)cc(Br)c2sc(CC(C)(C)C)nc12. The lowest BCUT2D eigenvalue weighted by Gasteiger charge is -2.15. The molecule has 2 rings (SSSR count). The summed E-state index contributed by atoms with van der Waals surface area (Å²) in [6.45, 7) is 8.33. The molecule has 3 nitrogen and oxygen atoms in total. The first-order chi connectivity index (χ1) is 8.69. The van der Waals surface area contributed by atoms with Gasteiger partial charge in [-0.05, 0) is 39.9 Å². The number of carboxylic acids is 1. The third-order valence-corrected chi connectivity index (χ3v) is 4.81. The number of nitrogens with zero attached hydrogens (tertiary/aromatic N) is 1. The monoisotopic (exact) mass is 341 g/mol. The van der Waals surface area contributed by atoms with Gasteiger partial charge in [-0.25, -0.2) is 9.78 Å². The fourth-order valence-corrected chi connectivity index (χ4v) is 3.95. The molecule has 0 radical (unpaired) electrons. The van der Waals surface area contributed by atoms with Gasteiger partial charge in [-0.15, -0.1) is 11.3 Å². The van der Waals surface area contributed by atoms with Crippen LogP contribution in [0.15, 0.2) is 10.5 Å². The average Bonchev–Trinajstić information content (AvgIpc) is 2.64. The van der Waals surface area contributed by atoms with Crippen LogP contribution < -0.4 is 0 Å². The lowest BCUT2D eigenvalue weighted by Crippen LogP contribution is -2.08. The Morgan fingerprint density at radius 3 is 2.63 bits per heavy atom. The Kier molecular flexibility index (Phi) is 3.71. The van der Waals surface area contributed by atoms with Crippen LogP contribution in [0.3, 0.4) is 0 Å². The van der Waals surface area contributed by atoms with Gasteiger partial charge < -0.3 is 5.11 Å². The molecule has 102 valence electrons. The summed E-state index contributed by atoms with van der Waals surface area (Å²) in [5.41, 5.74) is 2.02. The molecule has 0 aliphatic carbocycles. The normalized spacial score (nSPS) is 12.1. The lowest BCUT2D eigenvalue weighted by molar-refractivity contribution is 0.0696. The Balaban J connectivity index is 2.62. The van der Waals surface area contributed by atoms with E-state index in [9.17, 15) is 9.90 Å². The molecule has 0 saturated carbocycles. The fourth-order valence-electron chi connectivity index (χ4n) is 1.96. The molecule has 0 fully saturated rings. The van der Waals surface area contributed by atoms with Crippen molar-refractivity contribution in [3.8, 4) is 0 Å². The minimum Gasteiger partial charge on any atom is -0.478 e. The number of halogens is 1. The summed E-state index contributed by atoms with van der Waals surface area (Å²) in [6.07, 6.45) is 0.890. The van der Waals surface area contributed by atoms with Crippen molar-refractivity contribution < 1.29 is 9.90 Å². The largest absolute Gasteiger partial charge is 0.478 e. The number of hydrogen-bond donors (Lipinski definition) is 1. The van der Waals surface area contributed by atoms with Gasteiger partial charge in [-0.3, -0.25) is 0 Å². The summed E-state index contributed by atoms with van der Waals surface area (Å²) < 4.78 is 1.84. The van der Waals surface area contributed by atoms with Crippen molar-refractivity contribution in [3.05, 3.63) is 26.7 Å². The topological polar surface area (TPSA) is 50.2 Å². The molecular formula is C14H16BrNO2S. The van der Waals surface area contributed by atoms with Crippen molar-refractivity contribution in [2.45, 2.75) is 34.1 Å². The molecule has 0 aliphatic heterocycles. The minimum atomic E-state index is -0.912. The molecule has 1 aromatic heterocycles. The molecular weight excluding hydrogens is 326 g/mol. The third kappa shape index (κ3) is 2.98. The van der Waals surface area contributed by atoms with E-state index in [0.717, 1.165) is 31.7 Å². The minimum absolute atomic E-state index is 0.171. The van der Waals surface area contributed by atoms with Gasteiger partial charge in [0.25, 0.3) is 0 Å². The Labute approximate surface area is 124 Å². The first-order valence-corrected chi connectivity index (χ1v) is 7.62. The van der Waals surface area contributed by atoms with Gasteiger partial charge in [0.1, 0.15) is 0 Å². The van der Waals surface area contributed by atoms with E-state index in [4.69, 9.17) is 0 Å². The van der Waals surface area contributed by atoms with Crippen molar-refractivity contribution in [2.75, 3.05) is 0 Å². The highest BCUT2D eigenvalue weighted by molar-refractivity contribution is 9.10. The third-order valence-electron chi connectivity index (χ3n) is 2.83. The highest BCUT2D eigenvalue weighted by Crippen LogP contribution is 2.35. The molecule has 2 aromatic rings. The number of aryl methyl sites for hydroxylation is 1. The first-order valence-electron chi connectivity index (χ1n) is 6.01. The quantitative estimate of drug-likeness (QED) is 0.864. The van der Waals surface area contributed by atoms with E-state index in [1.807, 2.05) is 6.92 Å². The Morgan fingerprint density at radius 2 is 2.11 bits per heavy atom. The summed E-state index contributed by atoms with van der Waals surface area (Å²) in [4.78, 5) is 15.8. The van der Waals surface area contributed by atoms with Crippen LogP contribution >= 0.6 is 27.3 Å². The molecule has 0 amide bonds. The number of hydrogen-bond acceptors (Lipinski definition) is 3. The lowest BCUT2D eigenvalue weighted by atomic mass is 9.93. The maximum atomic E-state index is 11.2. The van der Waals surface area contributed by atoms with Gasteiger partial charge in [0.05, 0.1) is 20.8 Å². The molecule has 0 spiro atoms. The molecule has 5 heteroatoms. The number of carboxylic acid groups (broad SMARTS) is 1. The van der Waals surface area contributed by atoms with Crippen molar-refractivity contribution in [1.82, 2.24) is 4.98 Å². The summed E-state index contributed by atoms with van der Waals surface area (Å²) in [6, 6.07) is 1.67. The molecule has 0 aliphatic rings. The molecule has 1 N–H and O–H groups in total. The van der Waals surface area contributed by atoms with Gasteiger partial charge in [0.2, 0.25) is 0 Å². The molecule has 0 saturated heterocycles. The molecule has 1 heterocycles. The number of aromatic nitrogens is 1. The summed E-state index contributed by atoms with van der Waals surface area (Å²) in [5.74, 6) is -0.912. The van der Waals surface area contributed by atoms with Gasteiger partial charge in [-0.1, -0.05) is 20.8 Å². The zero-order valence-electron chi connectivity index (χ0n) is 11.4. The van der Waals surface area contributed by atoms with E-state index in [1.165, 1.54) is 0 Å². The predicted molar refractivity (Wildman–Crippen MR) is 82.2 cm³/mol. The smallest absolute Gasteiger partial charge is 0.336 e. The number of carbonyl (C=O) groups is 1. The second-order valence-electron chi connectivity index (χ2n) is 5.86. The number of thiazole rings is 1. The Morgan fingerprint density at radius 1 is 1.47 bits per heavy atom. The van der Waals surface area contributed by atoms with Gasteiger partial charge >= 0.3 is 5.97 Å². The van der Waals surface area contributed by atoms with Crippen LogP contribution in [0, 0.1) is 12.3 Å². The molecule has 0 atom stereocenters. The van der Waals surface area contributed by atoms with Crippen LogP contribution in [0.25, 0.3) is 10.2 Å². The molecule has 1 aromatic carbocycles. The highest BCUT2D eigenvalue weighted by Gasteiger charge is 2.19. The van der Waals surface area contributed by atoms with Crippen molar-refractivity contribution >= 4 is 43.5 Å². The maximum Gasteiger partial charge on any atom is 0.336 e. The van der Waals surface area contributed by atoms with Gasteiger partial charge in [0, 0.05) is 10.9 Å². The van der Waals surface area contributed by atoms with E-state index >= 15 is 0 Å². The fraction of sp³-hybridized carbons (Fsp3) is 0.429.